The molecule has 0 unspecified atom stereocenters. The lowest BCUT2D eigenvalue weighted by Gasteiger charge is -2.08. The summed E-state index contributed by atoms with van der Waals surface area (Å²) >= 11 is 0. The van der Waals surface area contributed by atoms with Crippen molar-refractivity contribution in [2.75, 3.05) is 6.54 Å². The van der Waals surface area contributed by atoms with Crippen molar-refractivity contribution in [2.24, 2.45) is 0 Å². The topological polar surface area (TPSA) is 79.0 Å². The van der Waals surface area contributed by atoms with Gasteiger partial charge in [-0.2, -0.15) is 0 Å². The number of hydrogen-bond acceptors (Lipinski definition) is 3. The van der Waals surface area contributed by atoms with E-state index in [0.717, 1.165) is 17.5 Å². The average molecular weight is 447 g/mol. The summed E-state index contributed by atoms with van der Waals surface area (Å²) in [6.45, 7) is 2.59. The van der Waals surface area contributed by atoms with Crippen LogP contribution < -0.4 is 5.32 Å². The Morgan fingerprint density at radius 3 is 2.50 bits per heavy atom. The highest BCUT2D eigenvalue weighted by molar-refractivity contribution is 7.90. The highest BCUT2D eigenvalue weighted by atomic mass is 32.2. The first kappa shape index (κ1) is 21.8. The molecule has 1 aromatic heterocycles. The Kier molecular flexibility index (Phi) is 6.42. The minimum Gasteiger partial charge on any atom is -0.361 e. The summed E-state index contributed by atoms with van der Waals surface area (Å²) in [7, 11) is -3.54. The molecule has 0 atom stereocenters. The fourth-order valence-corrected chi connectivity index (χ4v) is 5.29. The number of hydrogen-bond donors (Lipinski definition) is 2. The Bertz CT molecular complexity index is 1340. The van der Waals surface area contributed by atoms with E-state index in [0.29, 0.717) is 24.1 Å². The molecular weight excluding hydrogens is 420 g/mol. The highest BCUT2D eigenvalue weighted by Gasteiger charge is 2.17. The SMILES string of the molecule is CCc1cccc2c(CCNC(=O)c3cccc(S(=O)(=O)Cc4ccccc4)c3)c[nH]c12. The zero-order valence-electron chi connectivity index (χ0n) is 18.0. The van der Waals surface area contributed by atoms with Crippen molar-refractivity contribution in [3.8, 4) is 0 Å². The number of H-pyrrole nitrogens is 1. The van der Waals surface area contributed by atoms with Crippen molar-refractivity contribution in [3.05, 3.63) is 101 Å². The smallest absolute Gasteiger partial charge is 0.251 e. The maximum Gasteiger partial charge on any atom is 0.251 e. The zero-order chi connectivity index (χ0) is 22.6. The largest absolute Gasteiger partial charge is 0.361 e. The van der Waals surface area contributed by atoms with E-state index in [1.54, 1.807) is 24.3 Å². The van der Waals surface area contributed by atoms with Crippen molar-refractivity contribution >= 4 is 26.6 Å². The average Bonchev–Trinajstić information content (AvgIpc) is 3.23. The number of nitrogens with one attached hydrogen (secondary N) is 2. The van der Waals surface area contributed by atoms with Gasteiger partial charge in [0, 0.05) is 29.2 Å². The van der Waals surface area contributed by atoms with E-state index in [1.807, 2.05) is 24.4 Å². The Morgan fingerprint density at radius 1 is 0.938 bits per heavy atom. The van der Waals surface area contributed by atoms with E-state index >= 15 is 0 Å². The summed E-state index contributed by atoms with van der Waals surface area (Å²) in [5.41, 5.74) is 4.62. The number of aromatic nitrogens is 1. The van der Waals surface area contributed by atoms with Crippen LogP contribution in [0.3, 0.4) is 0 Å². The van der Waals surface area contributed by atoms with E-state index in [1.165, 1.54) is 23.1 Å². The first-order chi connectivity index (χ1) is 15.5. The minimum atomic E-state index is -3.54. The number of aryl methyl sites for hydroxylation is 1. The van der Waals surface area contributed by atoms with E-state index in [9.17, 15) is 13.2 Å². The predicted octanol–water partition coefficient (Wildman–Crippen LogP) is 4.68. The van der Waals surface area contributed by atoms with E-state index in [4.69, 9.17) is 0 Å². The van der Waals surface area contributed by atoms with Gasteiger partial charge in [0.25, 0.3) is 5.91 Å². The molecule has 0 spiro atoms. The van der Waals surface area contributed by atoms with Gasteiger partial charge in [0.2, 0.25) is 0 Å². The van der Waals surface area contributed by atoms with Crippen LogP contribution in [0, 0.1) is 0 Å². The lowest BCUT2D eigenvalue weighted by atomic mass is 10.1. The third kappa shape index (κ3) is 4.75. The second kappa shape index (κ2) is 9.40. The lowest BCUT2D eigenvalue weighted by Crippen LogP contribution is -2.25. The molecule has 5 nitrogen and oxygen atoms in total. The Hall–Kier alpha value is -3.38. The molecule has 0 aliphatic rings. The van der Waals surface area contributed by atoms with Crippen molar-refractivity contribution < 1.29 is 13.2 Å². The molecule has 0 saturated heterocycles. The first-order valence-electron chi connectivity index (χ1n) is 10.7. The van der Waals surface area contributed by atoms with Crippen LogP contribution in [-0.2, 0) is 28.4 Å². The van der Waals surface area contributed by atoms with Crippen LogP contribution in [0.25, 0.3) is 10.9 Å². The molecule has 0 saturated carbocycles. The van der Waals surface area contributed by atoms with Crippen molar-refractivity contribution in [2.45, 2.75) is 30.4 Å². The maximum atomic E-state index is 12.8. The molecule has 3 aromatic carbocycles. The van der Waals surface area contributed by atoms with Crippen LogP contribution in [0.15, 0.2) is 83.9 Å². The lowest BCUT2D eigenvalue weighted by molar-refractivity contribution is 0.0954. The van der Waals surface area contributed by atoms with E-state index in [-0.39, 0.29) is 16.6 Å². The second-order valence-electron chi connectivity index (χ2n) is 7.79. The van der Waals surface area contributed by atoms with Crippen LogP contribution in [-0.4, -0.2) is 25.9 Å². The van der Waals surface area contributed by atoms with Crippen LogP contribution in [0.1, 0.15) is 34.0 Å². The Morgan fingerprint density at radius 2 is 1.72 bits per heavy atom. The number of amides is 1. The molecule has 164 valence electrons. The standard InChI is InChI=1S/C26H26N2O3S/c1-2-20-10-7-13-24-22(17-28-25(20)24)14-15-27-26(29)21-11-6-12-23(16-21)32(30,31)18-19-8-4-3-5-9-19/h3-13,16-17,28H,2,14-15,18H2,1H3,(H,27,29). The third-order valence-corrected chi connectivity index (χ3v) is 7.29. The molecule has 2 N–H and O–H groups in total. The number of fused-ring (bicyclic) bond motifs is 1. The molecular formula is C26H26N2O3S. The molecule has 4 aromatic rings. The summed E-state index contributed by atoms with van der Waals surface area (Å²) in [5, 5.41) is 4.08. The van der Waals surface area contributed by atoms with Gasteiger partial charge in [-0.15, -0.1) is 0 Å². The van der Waals surface area contributed by atoms with Gasteiger partial charge in [-0.3, -0.25) is 4.79 Å². The summed E-state index contributed by atoms with van der Waals surface area (Å²) in [5.74, 6) is -0.380. The van der Waals surface area contributed by atoms with Crippen molar-refractivity contribution in [3.63, 3.8) is 0 Å². The van der Waals surface area contributed by atoms with Gasteiger partial charge < -0.3 is 10.3 Å². The van der Waals surface area contributed by atoms with E-state index in [2.05, 4.69) is 35.4 Å². The van der Waals surface area contributed by atoms with Gasteiger partial charge >= 0.3 is 0 Å². The Labute approximate surface area is 188 Å². The number of para-hydroxylation sites is 1. The van der Waals surface area contributed by atoms with Gasteiger partial charge in [-0.25, -0.2) is 8.42 Å². The highest BCUT2D eigenvalue weighted by Crippen LogP contribution is 2.22. The van der Waals surface area contributed by atoms with Crippen molar-refractivity contribution in [1.29, 1.82) is 0 Å². The van der Waals surface area contributed by atoms with E-state index < -0.39 is 9.84 Å². The molecule has 0 aliphatic carbocycles. The third-order valence-electron chi connectivity index (χ3n) is 5.60. The summed E-state index contributed by atoms with van der Waals surface area (Å²) in [6.07, 6.45) is 3.63. The first-order valence-corrected chi connectivity index (χ1v) is 12.4. The number of sulfone groups is 1. The fraction of sp³-hybridized carbons (Fsp3) is 0.192. The number of carbonyl (C=O) groups is 1. The number of carbonyl (C=O) groups excluding carboxylic acids is 1. The van der Waals surface area contributed by atoms with Gasteiger partial charge in [0.15, 0.2) is 9.84 Å². The summed E-state index contributed by atoms with van der Waals surface area (Å²) in [6, 6.07) is 21.5. The van der Waals surface area contributed by atoms with Crippen LogP contribution in [0.2, 0.25) is 0 Å². The molecule has 6 heteroatoms. The minimum absolute atomic E-state index is 0.0980. The molecule has 0 bridgehead atoms. The van der Waals surface area contributed by atoms with Gasteiger partial charge in [-0.05, 0) is 47.7 Å². The van der Waals surface area contributed by atoms with Crippen LogP contribution in [0.5, 0.6) is 0 Å². The maximum absolute atomic E-state index is 12.8. The van der Waals surface area contributed by atoms with Gasteiger partial charge in [0.05, 0.1) is 10.6 Å². The van der Waals surface area contributed by atoms with Crippen molar-refractivity contribution in [1.82, 2.24) is 10.3 Å². The van der Waals surface area contributed by atoms with Gasteiger partial charge in [0.1, 0.15) is 0 Å². The predicted molar refractivity (Wildman–Crippen MR) is 127 cm³/mol. The number of rotatable bonds is 8. The quantitative estimate of drug-likeness (QED) is 0.413. The molecule has 32 heavy (non-hydrogen) atoms. The molecule has 0 fully saturated rings. The summed E-state index contributed by atoms with van der Waals surface area (Å²) < 4.78 is 25.6. The second-order valence-corrected chi connectivity index (χ2v) is 9.78. The molecule has 1 amide bonds. The molecule has 0 radical (unpaired) electrons. The fourth-order valence-electron chi connectivity index (χ4n) is 3.90. The number of benzene rings is 3. The Balaban J connectivity index is 1.42. The monoisotopic (exact) mass is 446 g/mol. The molecule has 0 aliphatic heterocycles. The normalized spacial score (nSPS) is 11.5. The number of aromatic amines is 1. The van der Waals surface area contributed by atoms with Crippen LogP contribution in [0.4, 0.5) is 0 Å². The summed E-state index contributed by atoms with van der Waals surface area (Å²) in [4.78, 5) is 16.2. The van der Waals surface area contributed by atoms with Gasteiger partial charge in [-0.1, -0.05) is 61.5 Å². The molecule has 1 heterocycles. The van der Waals surface area contributed by atoms with Crippen LogP contribution >= 0.6 is 0 Å². The molecule has 4 rings (SSSR count). The zero-order valence-corrected chi connectivity index (χ0v) is 18.8.